The summed E-state index contributed by atoms with van der Waals surface area (Å²) in [6.07, 6.45) is 1.63. The fourth-order valence-corrected chi connectivity index (χ4v) is 3.77. The summed E-state index contributed by atoms with van der Waals surface area (Å²) in [7, 11) is 1.78. The Morgan fingerprint density at radius 3 is 2.97 bits per heavy atom. The number of carbonyl (C=O) groups excluding carboxylic acids is 2. The van der Waals surface area contributed by atoms with Crippen LogP contribution in [0.4, 0.5) is 5.13 Å². The molecule has 3 heterocycles. The lowest BCUT2D eigenvalue weighted by atomic mass is 10.2. The first kappa shape index (κ1) is 19.2. The molecule has 2 amide bonds. The molecule has 1 aliphatic heterocycles. The van der Waals surface area contributed by atoms with E-state index in [2.05, 4.69) is 25.8 Å². The van der Waals surface area contributed by atoms with Gasteiger partial charge in [-0.2, -0.15) is 0 Å². The van der Waals surface area contributed by atoms with Crippen LogP contribution >= 0.6 is 23.1 Å². The number of hydrogen-bond donors (Lipinski definition) is 2. The number of benzene rings is 1. The highest BCUT2D eigenvalue weighted by Gasteiger charge is 2.17. The van der Waals surface area contributed by atoms with Crippen LogP contribution < -0.4 is 20.1 Å². The summed E-state index contributed by atoms with van der Waals surface area (Å²) in [6.45, 7) is 0.351. The maximum Gasteiger partial charge on any atom is 0.251 e. The highest BCUT2D eigenvalue weighted by atomic mass is 32.2. The molecule has 3 aromatic rings. The van der Waals surface area contributed by atoms with Crippen LogP contribution in [0, 0.1) is 0 Å². The van der Waals surface area contributed by atoms with Gasteiger partial charge in [0.05, 0.1) is 12.3 Å². The first-order valence-electron chi connectivity index (χ1n) is 8.48. The highest BCUT2D eigenvalue weighted by Crippen LogP contribution is 2.32. The van der Waals surface area contributed by atoms with E-state index in [9.17, 15) is 9.59 Å². The van der Waals surface area contributed by atoms with Gasteiger partial charge in [-0.3, -0.25) is 9.59 Å². The molecular formula is C17H16N6O4S2. The van der Waals surface area contributed by atoms with Gasteiger partial charge in [-0.25, -0.2) is 4.98 Å². The van der Waals surface area contributed by atoms with Gasteiger partial charge in [-0.05, 0) is 18.2 Å². The summed E-state index contributed by atoms with van der Waals surface area (Å²) in [5.74, 6) is 1.48. The topological polar surface area (TPSA) is 120 Å². The SMILES string of the molecule is Cn1c(CNC(=O)c2ccc3c(c2)OCO3)nnc1SCC(=O)Nc1nccs1. The maximum atomic E-state index is 12.4. The summed E-state index contributed by atoms with van der Waals surface area (Å²) < 4.78 is 12.3. The van der Waals surface area contributed by atoms with Crippen molar-refractivity contribution in [2.75, 3.05) is 17.9 Å². The number of ether oxygens (including phenoxy) is 2. The molecule has 0 fully saturated rings. The zero-order valence-corrected chi connectivity index (χ0v) is 16.9. The molecule has 2 aromatic heterocycles. The Morgan fingerprint density at radius 2 is 2.14 bits per heavy atom. The zero-order chi connectivity index (χ0) is 20.2. The van der Waals surface area contributed by atoms with Crippen LogP contribution in [0.25, 0.3) is 0 Å². The first-order chi connectivity index (χ1) is 14.1. The van der Waals surface area contributed by atoms with Gasteiger partial charge < -0.3 is 24.7 Å². The number of amides is 2. The van der Waals surface area contributed by atoms with Crippen LogP contribution in [-0.2, 0) is 18.4 Å². The second kappa shape index (κ2) is 8.49. The van der Waals surface area contributed by atoms with E-state index in [1.165, 1.54) is 23.1 Å². The average molecular weight is 432 g/mol. The molecule has 0 unspecified atom stereocenters. The zero-order valence-electron chi connectivity index (χ0n) is 15.2. The molecule has 29 heavy (non-hydrogen) atoms. The van der Waals surface area contributed by atoms with Crippen LogP contribution in [0.2, 0.25) is 0 Å². The minimum Gasteiger partial charge on any atom is -0.454 e. The van der Waals surface area contributed by atoms with E-state index >= 15 is 0 Å². The maximum absolute atomic E-state index is 12.4. The van der Waals surface area contributed by atoms with Crippen molar-refractivity contribution in [2.24, 2.45) is 7.05 Å². The Labute approximate surface area is 173 Å². The van der Waals surface area contributed by atoms with Crippen LogP contribution in [0.1, 0.15) is 16.2 Å². The third-order valence-corrected chi connectivity index (χ3v) is 5.69. The van der Waals surface area contributed by atoms with Gasteiger partial charge in [0.1, 0.15) is 0 Å². The summed E-state index contributed by atoms with van der Waals surface area (Å²) >= 11 is 2.61. The van der Waals surface area contributed by atoms with E-state index in [4.69, 9.17) is 9.47 Å². The molecule has 1 aliphatic rings. The lowest BCUT2D eigenvalue weighted by molar-refractivity contribution is -0.113. The second-order valence-corrected chi connectivity index (χ2v) is 7.72. The van der Waals surface area contributed by atoms with Crippen molar-refractivity contribution in [3.63, 3.8) is 0 Å². The van der Waals surface area contributed by atoms with Gasteiger partial charge >= 0.3 is 0 Å². The summed E-state index contributed by atoms with van der Waals surface area (Å²) in [4.78, 5) is 28.3. The van der Waals surface area contributed by atoms with Crippen LogP contribution in [0.15, 0.2) is 34.9 Å². The first-order valence-corrected chi connectivity index (χ1v) is 10.3. The van der Waals surface area contributed by atoms with Crippen LogP contribution in [-0.4, -0.2) is 44.1 Å². The van der Waals surface area contributed by atoms with E-state index in [0.717, 1.165) is 0 Å². The number of hydrogen-bond acceptors (Lipinski definition) is 9. The normalized spacial score (nSPS) is 12.0. The van der Waals surface area contributed by atoms with Gasteiger partial charge in [0.15, 0.2) is 27.6 Å². The van der Waals surface area contributed by atoms with Crippen molar-refractivity contribution in [2.45, 2.75) is 11.7 Å². The van der Waals surface area contributed by atoms with Crippen molar-refractivity contribution in [3.8, 4) is 11.5 Å². The third-order valence-electron chi connectivity index (χ3n) is 3.98. The smallest absolute Gasteiger partial charge is 0.251 e. The van der Waals surface area contributed by atoms with E-state index in [1.807, 2.05) is 0 Å². The standard InChI is InChI=1S/C17H16N6O4S2/c1-23-13(7-19-15(25)10-2-3-11-12(6-10)27-9-26-11)21-22-17(23)29-8-14(24)20-16-18-4-5-28-16/h2-6H,7-9H2,1H3,(H,19,25)(H,18,20,24). The quantitative estimate of drug-likeness (QED) is 0.541. The number of thioether (sulfide) groups is 1. The predicted molar refractivity (Wildman–Crippen MR) is 106 cm³/mol. The molecule has 0 aliphatic carbocycles. The van der Waals surface area contributed by atoms with Gasteiger partial charge in [0, 0.05) is 24.2 Å². The molecule has 0 saturated heterocycles. The van der Waals surface area contributed by atoms with Crippen LogP contribution in [0.3, 0.4) is 0 Å². The Balaban J connectivity index is 1.30. The number of thiazole rings is 1. The monoisotopic (exact) mass is 432 g/mol. The summed E-state index contributed by atoms with van der Waals surface area (Å²) in [5, 5.41) is 16.6. The fourth-order valence-electron chi connectivity index (χ4n) is 2.49. The van der Waals surface area contributed by atoms with Gasteiger partial charge in [0.25, 0.3) is 5.91 Å². The molecule has 0 radical (unpaired) electrons. The van der Waals surface area contributed by atoms with Gasteiger partial charge in [-0.15, -0.1) is 21.5 Å². The fraction of sp³-hybridized carbons (Fsp3) is 0.235. The molecule has 2 N–H and O–H groups in total. The molecule has 150 valence electrons. The van der Waals surface area contributed by atoms with E-state index in [-0.39, 0.29) is 30.9 Å². The molecule has 0 spiro atoms. The van der Waals surface area contributed by atoms with E-state index in [1.54, 1.807) is 41.4 Å². The lowest BCUT2D eigenvalue weighted by Crippen LogP contribution is -2.24. The number of rotatable bonds is 7. The predicted octanol–water partition coefficient (Wildman–Crippen LogP) is 1.66. The summed E-state index contributed by atoms with van der Waals surface area (Å²) in [6, 6.07) is 5.00. The van der Waals surface area contributed by atoms with Crippen LogP contribution in [0.5, 0.6) is 11.5 Å². The average Bonchev–Trinajstić information content (AvgIpc) is 3.46. The van der Waals surface area contributed by atoms with Crippen molar-refractivity contribution >= 4 is 40.0 Å². The molecule has 4 rings (SSSR count). The minimum absolute atomic E-state index is 0.154. The summed E-state index contributed by atoms with van der Waals surface area (Å²) in [5.41, 5.74) is 0.463. The molecule has 1 aromatic carbocycles. The number of aromatic nitrogens is 4. The van der Waals surface area contributed by atoms with E-state index < -0.39 is 0 Å². The van der Waals surface area contributed by atoms with Crippen molar-refractivity contribution in [3.05, 3.63) is 41.2 Å². The van der Waals surface area contributed by atoms with Crippen molar-refractivity contribution in [1.29, 1.82) is 0 Å². The molecule has 0 bridgehead atoms. The Bertz CT molecular complexity index is 1040. The molecule has 0 saturated carbocycles. The Kier molecular flexibility index (Phi) is 5.62. The number of nitrogens with one attached hydrogen (secondary N) is 2. The van der Waals surface area contributed by atoms with Crippen molar-refractivity contribution < 1.29 is 19.1 Å². The van der Waals surface area contributed by atoms with Gasteiger partial charge in [0.2, 0.25) is 12.7 Å². The molecule has 10 nitrogen and oxygen atoms in total. The van der Waals surface area contributed by atoms with E-state index in [0.29, 0.717) is 33.2 Å². The lowest BCUT2D eigenvalue weighted by Gasteiger charge is -2.07. The van der Waals surface area contributed by atoms with Crippen molar-refractivity contribution in [1.82, 2.24) is 25.1 Å². The minimum atomic E-state index is -0.261. The third kappa shape index (κ3) is 4.49. The number of fused-ring (bicyclic) bond motifs is 1. The number of carbonyl (C=O) groups is 2. The Hall–Kier alpha value is -3.12. The Morgan fingerprint density at radius 1 is 1.28 bits per heavy atom. The number of nitrogens with zero attached hydrogens (tertiary/aromatic N) is 4. The molecule has 12 heteroatoms. The molecule has 0 atom stereocenters. The highest BCUT2D eigenvalue weighted by molar-refractivity contribution is 7.99. The van der Waals surface area contributed by atoms with Gasteiger partial charge in [-0.1, -0.05) is 11.8 Å². The molecular weight excluding hydrogens is 416 g/mol. The number of anilines is 1. The largest absolute Gasteiger partial charge is 0.454 e. The second-order valence-electron chi connectivity index (χ2n) is 5.88.